The molecule has 0 spiro atoms. The first-order chi connectivity index (χ1) is 16.4. The first-order valence-electron chi connectivity index (χ1n) is 10.9. The van der Waals surface area contributed by atoms with Crippen molar-refractivity contribution >= 4 is 32.7 Å². The second-order valence-corrected chi connectivity index (χ2v) is 9.38. The summed E-state index contributed by atoms with van der Waals surface area (Å²) >= 11 is 0. The summed E-state index contributed by atoms with van der Waals surface area (Å²) in [6, 6.07) is 20.8. The number of nitrogens with one attached hydrogen (secondary N) is 1. The van der Waals surface area contributed by atoms with Crippen molar-refractivity contribution in [2.45, 2.75) is 25.3 Å². The van der Waals surface area contributed by atoms with Gasteiger partial charge in [0.25, 0.3) is 0 Å². The Balaban J connectivity index is 1.66. The predicted octanol–water partition coefficient (Wildman–Crippen LogP) is 3.89. The number of ether oxygens (including phenoxy) is 1. The van der Waals surface area contributed by atoms with Crippen LogP contribution in [0.1, 0.15) is 13.8 Å². The third-order valence-corrected chi connectivity index (χ3v) is 7.30. The van der Waals surface area contributed by atoms with Crippen molar-refractivity contribution in [1.29, 1.82) is 0 Å². The summed E-state index contributed by atoms with van der Waals surface area (Å²) in [5.74, 6) is 0.479. The van der Waals surface area contributed by atoms with Crippen molar-refractivity contribution in [3.05, 3.63) is 72.8 Å². The fraction of sp³-hybridized carbons (Fsp3) is 0.208. The van der Waals surface area contributed by atoms with Gasteiger partial charge < -0.3 is 10.1 Å². The lowest BCUT2D eigenvalue weighted by Crippen LogP contribution is -2.30. The quantitative estimate of drug-likeness (QED) is 0.390. The topological polar surface area (TPSA) is 106 Å². The highest BCUT2D eigenvalue weighted by molar-refractivity contribution is 7.89. The van der Waals surface area contributed by atoms with E-state index in [1.54, 1.807) is 32.0 Å². The average molecular weight is 480 g/mol. The average Bonchev–Trinajstić information content (AvgIpc) is 3.24. The lowest BCUT2D eigenvalue weighted by atomic mass is 10.2. The molecular weight excluding hydrogens is 454 g/mol. The molecule has 1 N–H and O–H groups in total. The van der Waals surface area contributed by atoms with Gasteiger partial charge in [-0.3, -0.25) is 4.79 Å². The molecule has 1 amide bonds. The van der Waals surface area contributed by atoms with E-state index in [1.807, 2.05) is 42.5 Å². The van der Waals surface area contributed by atoms with Crippen molar-refractivity contribution in [1.82, 2.24) is 19.3 Å². The Bertz CT molecular complexity index is 1400. The number of aromatic nitrogens is 3. The molecule has 0 unspecified atom stereocenters. The maximum Gasteiger partial charge on any atom is 0.246 e. The number of rotatable bonds is 9. The molecule has 4 rings (SSSR count). The molecule has 0 saturated heterocycles. The van der Waals surface area contributed by atoms with E-state index >= 15 is 0 Å². The van der Waals surface area contributed by atoms with E-state index in [0.717, 1.165) is 5.52 Å². The minimum Gasteiger partial charge on any atom is -0.455 e. The molecule has 34 heavy (non-hydrogen) atoms. The van der Waals surface area contributed by atoms with E-state index in [9.17, 15) is 13.2 Å². The zero-order chi connectivity index (χ0) is 24.1. The van der Waals surface area contributed by atoms with Crippen molar-refractivity contribution < 1.29 is 17.9 Å². The van der Waals surface area contributed by atoms with Crippen LogP contribution in [0, 0.1) is 0 Å². The van der Waals surface area contributed by atoms with E-state index in [2.05, 4.69) is 15.6 Å². The summed E-state index contributed by atoms with van der Waals surface area (Å²) in [5, 5.41) is 10.9. The van der Waals surface area contributed by atoms with Crippen LogP contribution in [0.15, 0.2) is 77.7 Å². The Morgan fingerprint density at radius 1 is 1.00 bits per heavy atom. The molecule has 4 aromatic rings. The minimum atomic E-state index is -3.73. The van der Waals surface area contributed by atoms with Crippen LogP contribution in [0.25, 0.3) is 11.0 Å². The van der Waals surface area contributed by atoms with Crippen LogP contribution in [0.2, 0.25) is 0 Å². The van der Waals surface area contributed by atoms with Gasteiger partial charge >= 0.3 is 0 Å². The van der Waals surface area contributed by atoms with Gasteiger partial charge in [-0.1, -0.05) is 49.4 Å². The van der Waals surface area contributed by atoms with Crippen LogP contribution in [0.4, 0.5) is 5.69 Å². The number of anilines is 1. The number of sulfonamides is 1. The maximum atomic E-state index is 13.1. The molecule has 1 aromatic heterocycles. The standard InChI is InChI=1S/C24H25N5O4S/c1-3-28(4-2)34(31,32)19-14-15-23(33-18-10-6-5-7-11-18)21(16-19)25-24(30)17-29-22-13-9-8-12-20(22)26-27-29/h5-16H,3-4,17H2,1-2H3,(H,25,30). The van der Waals surface area contributed by atoms with E-state index < -0.39 is 15.9 Å². The number of amides is 1. The first kappa shape index (κ1) is 23.4. The summed E-state index contributed by atoms with van der Waals surface area (Å²) in [6.45, 7) is 4.13. The molecular formula is C24H25N5O4S. The van der Waals surface area contributed by atoms with Gasteiger partial charge in [0.1, 0.15) is 17.8 Å². The van der Waals surface area contributed by atoms with Gasteiger partial charge in [-0.2, -0.15) is 4.31 Å². The van der Waals surface area contributed by atoms with Gasteiger partial charge in [0.15, 0.2) is 5.75 Å². The number of para-hydroxylation sites is 2. The number of carbonyl (C=O) groups is 1. The van der Waals surface area contributed by atoms with Crippen LogP contribution in [0.3, 0.4) is 0 Å². The predicted molar refractivity (Wildman–Crippen MR) is 129 cm³/mol. The lowest BCUT2D eigenvalue weighted by molar-refractivity contribution is -0.116. The number of hydrogen-bond donors (Lipinski definition) is 1. The number of nitrogens with zero attached hydrogens (tertiary/aromatic N) is 4. The van der Waals surface area contributed by atoms with Gasteiger partial charge in [-0.05, 0) is 42.5 Å². The van der Waals surface area contributed by atoms with Crippen LogP contribution in [-0.2, 0) is 21.4 Å². The molecule has 0 aliphatic carbocycles. The number of carbonyl (C=O) groups excluding carboxylic acids is 1. The molecule has 176 valence electrons. The van der Waals surface area contributed by atoms with Gasteiger partial charge in [0.05, 0.1) is 16.1 Å². The van der Waals surface area contributed by atoms with Crippen LogP contribution in [-0.4, -0.2) is 46.7 Å². The molecule has 0 bridgehead atoms. The Kier molecular flexibility index (Phi) is 6.90. The molecule has 9 nitrogen and oxygen atoms in total. The fourth-order valence-corrected chi connectivity index (χ4v) is 5.03. The third-order valence-electron chi connectivity index (χ3n) is 5.25. The summed E-state index contributed by atoms with van der Waals surface area (Å²) in [7, 11) is -3.73. The SMILES string of the molecule is CCN(CC)S(=O)(=O)c1ccc(Oc2ccccc2)c(NC(=O)Cn2nnc3ccccc32)c1. The summed E-state index contributed by atoms with van der Waals surface area (Å²) in [5.41, 5.74) is 1.64. The van der Waals surface area contributed by atoms with Gasteiger partial charge in [0, 0.05) is 13.1 Å². The molecule has 0 atom stereocenters. The van der Waals surface area contributed by atoms with Crippen molar-refractivity contribution in [3.8, 4) is 11.5 Å². The molecule has 3 aromatic carbocycles. The van der Waals surface area contributed by atoms with Crippen LogP contribution in [0.5, 0.6) is 11.5 Å². The maximum absolute atomic E-state index is 13.1. The van der Waals surface area contributed by atoms with Crippen molar-refractivity contribution in [3.63, 3.8) is 0 Å². The first-order valence-corrected chi connectivity index (χ1v) is 12.3. The third kappa shape index (κ3) is 4.92. The monoisotopic (exact) mass is 479 g/mol. The Labute approximate surface area is 198 Å². The zero-order valence-electron chi connectivity index (χ0n) is 18.9. The highest BCUT2D eigenvalue weighted by Gasteiger charge is 2.24. The second-order valence-electron chi connectivity index (χ2n) is 7.45. The fourth-order valence-electron chi connectivity index (χ4n) is 3.54. The highest BCUT2D eigenvalue weighted by Crippen LogP contribution is 2.33. The zero-order valence-corrected chi connectivity index (χ0v) is 19.7. The lowest BCUT2D eigenvalue weighted by Gasteiger charge is -2.20. The molecule has 0 radical (unpaired) electrons. The number of benzene rings is 3. The molecule has 0 fully saturated rings. The van der Waals surface area contributed by atoms with Crippen molar-refractivity contribution in [2.75, 3.05) is 18.4 Å². The molecule has 0 saturated carbocycles. The molecule has 10 heteroatoms. The van der Waals surface area contributed by atoms with Crippen LogP contribution < -0.4 is 10.1 Å². The van der Waals surface area contributed by atoms with Crippen molar-refractivity contribution in [2.24, 2.45) is 0 Å². The summed E-state index contributed by atoms with van der Waals surface area (Å²) in [4.78, 5) is 13.0. The Morgan fingerprint density at radius 3 is 2.44 bits per heavy atom. The second kappa shape index (κ2) is 10.0. The number of hydrogen-bond acceptors (Lipinski definition) is 6. The minimum absolute atomic E-state index is 0.0677. The van der Waals surface area contributed by atoms with Gasteiger partial charge in [0.2, 0.25) is 15.9 Å². The van der Waals surface area contributed by atoms with Gasteiger partial charge in [-0.25, -0.2) is 13.1 Å². The largest absolute Gasteiger partial charge is 0.455 e. The van der Waals surface area contributed by atoms with E-state index in [4.69, 9.17) is 4.74 Å². The van der Waals surface area contributed by atoms with E-state index in [1.165, 1.54) is 21.1 Å². The summed E-state index contributed by atoms with van der Waals surface area (Å²) in [6.07, 6.45) is 0. The van der Waals surface area contributed by atoms with Gasteiger partial charge in [-0.15, -0.1) is 5.10 Å². The van der Waals surface area contributed by atoms with E-state index in [0.29, 0.717) is 30.1 Å². The van der Waals surface area contributed by atoms with Crippen LogP contribution >= 0.6 is 0 Å². The normalized spacial score (nSPS) is 11.6. The van der Waals surface area contributed by atoms with E-state index in [-0.39, 0.29) is 17.1 Å². The molecule has 0 aliphatic rings. The number of fused-ring (bicyclic) bond motifs is 1. The smallest absolute Gasteiger partial charge is 0.246 e. The highest BCUT2D eigenvalue weighted by atomic mass is 32.2. The molecule has 1 heterocycles. The summed E-state index contributed by atoms with van der Waals surface area (Å²) < 4.78 is 34.9. The molecule has 0 aliphatic heterocycles. The Hall–Kier alpha value is -3.76. The Morgan fingerprint density at radius 2 is 1.71 bits per heavy atom.